The summed E-state index contributed by atoms with van der Waals surface area (Å²) in [6, 6.07) is 3.78. The van der Waals surface area contributed by atoms with Crippen LogP contribution in [0.2, 0.25) is 0 Å². The first-order valence-corrected chi connectivity index (χ1v) is 9.91. The minimum atomic E-state index is -0.186. The van der Waals surface area contributed by atoms with Gasteiger partial charge in [0, 0.05) is 25.1 Å². The second-order valence-electron chi connectivity index (χ2n) is 6.23. The zero-order valence-electron chi connectivity index (χ0n) is 15.0. The normalized spacial score (nSPS) is 15.1. The second-order valence-corrected chi connectivity index (χ2v) is 7.17. The largest absolute Gasteiger partial charge is 0.462 e. The maximum atomic E-state index is 12.2. The molecule has 7 nitrogen and oxygen atoms in total. The molecule has 0 radical (unpaired) electrons. The van der Waals surface area contributed by atoms with Gasteiger partial charge in [-0.05, 0) is 37.8 Å². The van der Waals surface area contributed by atoms with Crippen molar-refractivity contribution in [3.63, 3.8) is 0 Å². The summed E-state index contributed by atoms with van der Waals surface area (Å²) >= 11 is 1.35. The average Bonchev–Trinajstić information content (AvgIpc) is 3.09. The Bertz CT molecular complexity index is 702. The Balaban J connectivity index is 1.64. The van der Waals surface area contributed by atoms with Crippen molar-refractivity contribution >= 4 is 17.7 Å². The predicted octanol–water partition coefficient (Wildman–Crippen LogP) is 2.95. The third kappa shape index (κ3) is 5.04. The number of aromatic nitrogens is 4. The smallest absolute Gasteiger partial charge is 0.316 e. The van der Waals surface area contributed by atoms with Gasteiger partial charge in [0.25, 0.3) is 0 Å². The molecule has 0 N–H and O–H groups in total. The molecule has 3 rings (SSSR count). The van der Waals surface area contributed by atoms with Crippen LogP contribution >= 0.6 is 11.8 Å². The summed E-state index contributed by atoms with van der Waals surface area (Å²) in [4.78, 5) is 16.2. The second kappa shape index (κ2) is 9.68. The highest BCUT2D eigenvalue weighted by Gasteiger charge is 2.20. The van der Waals surface area contributed by atoms with Gasteiger partial charge >= 0.3 is 5.97 Å². The summed E-state index contributed by atoms with van der Waals surface area (Å²) in [6.45, 7) is 1.15. The van der Waals surface area contributed by atoms with Crippen LogP contribution in [0.5, 0.6) is 0 Å². The number of methoxy groups -OCH3 is 1. The van der Waals surface area contributed by atoms with Crippen LogP contribution in [0.15, 0.2) is 29.7 Å². The van der Waals surface area contributed by atoms with Gasteiger partial charge in [0.1, 0.15) is 6.10 Å². The number of hydrogen-bond donors (Lipinski definition) is 0. The van der Waals surface area contributed by atoms with E-state index in [0.29, 0.717) is 18.3 Å². The van der Waals surface area contributed by atoms with Gasteiger partial charge in [0.15, 0.2) is 11.0 Å². The molecule has 0 amide bonds. The molecule has 2 aromatic rings. The summed E-state index contributed by atoms with van der Waals surface area (Å²) in [5.74, 6) is 0.791. The van der Waals surface area contributed by atoms with E-state index in [1.807, 2.05) is 16.7 Å². The van der Waals surface area contributed by atoms with Crippen molar-refractivity contribution in [1.82, 2.24) is 19.7 Å². The summed E-state index contributed by atoms with van der Waals surface area (Å²) in [5, 5.41) is 9.24. The van der Waals surface area contributed by atoms with Crippen LogP contribution in [0, 0.1) is 0 Å². The number of nitrogens with zero attached hydrogens (tertiary/aromatic N) is 4. The minimum absolute atomic E-state index is 0.0793. The van der Waals surface area contributed by atoms with Crippen molar-refractivity contribution in [3.05, 3.63) is 24.5 Å². The molecule has 8 heteroatoms. The Morgan fingerprint density at radius 3 is 2.73 bits per heavy atom. The van der Waals surface area contributed by atoms with E-state index < -0.39 is 0 Å². The molecule has 26 heavy (non-hydrogen) atoms. The van der Waals surface area contributed by atoms with Crippen LogP contribution in [-0.2, 0) is 20.8 Å². The van der Waals surface area contributed by atoms with Crippen LogP contribution in [-0.4, -0.2) is 51.3 Å². The van der Waals surface area contributed by atoms with Gasteiger partial charge in [-0.25, -0.2) is 0 Å². The Hall–Kier alpha value is -1.93. The van der Waals surface area contributed by atoms with Crippen molar-refractivity contribution in [2.75, 3.05) is 19.5 Å². The zero-order chi connectivity index (χ0) is 18.2. The lowest BCUT2D eigenvalue weighted by molar-refractivity contribution is -0.147. The topological polar surface area (TPSA) is 79.1 Å². The number of thioether (sulfide) groups is 1. The third-order valence-corrected chi connectivity index (χ3v) is 5.28. The molecule has 1 aliphatic carbocycles. The van der Waals surface area contributed by atoms with Crippen LogP contribution in [0.3, 0.4) is 0 Å². The monoisotopic (exact) mass is 376 g/mol. The molecule has 0 aliphatic heterocycles. The highest BCUT2D eigenvalue weighted by atomic mass is 32.2. The quantitative estimate of drug-likeness (QED) is 0.518. The first-order chi connectivity index (χ1) is 12.8. The summed E-state index contributed by atoms with van der Waals surface area (Å²) in [6.07, 6.45) is 9.01. The average molecular weight is 376 g/mol. The van der Waals surface area contributed by atoms with E-state index in [4.69, 9.17) is 9.47 Å². The Morgan fingerprint density at radius 2 is 2.00 bits per heavy atom. The molecule has 0 saturated heterocycles. The number of esters is 1. The van der Waals surface area contributed by atoms with E-state index >= 15 is 0 Å². The van der Waals surface area contributed by atoms with Gasteiger partial charge in [-0.1, -0.05) is 18.2 Å². The lowest BCUT2D eigenvalue weighted by Crippen LogP contribution is -2.22. The molecule has 1 aliphatic rings. The van der Waals surface area contributed by atoms with Crippen molar-refractivity contribution in [3.8, 4) is 11.4 Å². The minimum Gasteiger partial charge on any atom is -0.462 e. The molecule has 0 spiro atoms. The van der Waals surface area contributed by atoms with Gasteiger partial charge in [0.2, 0.25) is 0 Å². The number of carbonyl (C=O) groups excluding carboxylic acids is 1. The number of hydrogen-bond acceptors (Lipinski definition) is 7. The number of rotatable bonds is 8. The van der Waals surface area contributed by atoms with Gasteiger partial charge in [0.05, 0.1) is 18.9 Å². The summed E-state index contributed by atoms with van der Waals surface area (Å²) in [7, 11) is 1.66. The fourth-order valence-electron chi connectivity index (χ4n) is 3.02. The van der Waals surface area contributed by atoms with Crippen molar-refractivity contribution in [2.45, 2.75) is 49.9 Å². The van der Waals surface area contributed by atoms with Gasteiger partial charge in [-0.2, -0.15) is 0 Å². The fraction of sp³-hybridized carbons (Fsp3) is 0.556. The number of ether oxygens (including phenoxy) is 2. The van der Waals surface area contributed by atoms with E-state index in [-0.39, 0.29) is 17.8 Å². The molecule has 2 heterocycles. The third-order valence-electron chi connectivity index (χ3n) is 4.34. The van der Waals surface area contributed by atoms with E-state index in [0.717, 1.165) is 37.1 Å². The van der Waals surface area contributed by atoms with E-state index in [9.17, 15) is 4.79 Å². The highest BCUT2D eigenvalue weighted by molar-refractivity contribution is 7.99. The molecule has 0 aromatic carbocycles. The molecule has 1 fully saturated rings. The van der Waals surface area contributed by atoms with Crippen LogP contribution in [0.25, 0.3) is 11.4 Å². The van der Waals surface area contributed by atoms with Crippen LogP contribution < -0.4 is 0 Å². The van der Waals surface area contributed by atoms with Gasteiger partial charge < -0.3 is 9.47 Å². The van der Waals surface area contributed by atoms with Crippen molar-refractivity contribution < 1.29 is 14.3 Å². The van der Waals surface area contributed by atoms with Crippen LogP contribution in [0.1, 0.15) is 32.1 Å². The lowest BCUT2D eigenvalue weighted by Gasteiger charge is -2.21. The molecule has 2 aromatic heterocycles. The highest BCUT2D eigenvalue weighted by Crippen LogP contribution is 2.25. The molecule has 0 atom stereocenters. The lowest BCUT2D eigenvalue weighted by atomic mass is 9.98. The fourth-order valence-corrected chi connectivity index (χ4v) is 3.77. The number of pyridine rings is 1. The van der Waals surface area contributed by atoms with Crippen molar-refractivity contribution in [2.24, 2.45) is 0 Å². The van der Waals surface area contributed by atoms with Crippen LogP contribution in [0.4, 0.5) is 0 Å². The Kier molecular flexibility index (Phi) is 7.02. The molecule has 0 bridgehead atoms. The molecule has 140 valence electrons. The SMILES string of the molecule is COCCn1c(SCC(=O)OC2CCCCC2)nnc1-c1ccncc1. The van der Waals surface area contributed by atoms with Gasteiger partial charge in [-0.15, -0.1) is 10.2 Å². The zero-order valence-corrected chi connectivity index (χ0v) is 15.8. The van der Waals surface area contributed by atoms with Gasteiger partial charge in [-0.3, -0.25) is 14.3 Å². The Labute approximate surface area is 157 Å². The summed E-state index contributed by atoms with van der Waals surface area (Å²) < 4.78 is 12.7. The predicted molar refractivity (Wildman–Crippen MR) is 98.8 cm³/mol. The molecular weight excluding hydrogens is 352 g/mol. The first kappa shape index (κ1) is 18.8. The Morgan fingerprint density at radius 1 is 1.23 bits per heavy atom. The maximum absolute atomic E-state index is 12.2. The van der Waals surface area contributed by atoms with E-state index in [1.165, 1.54) is 18.2 Å². The van der Waals surface area contributed by atoms with Crippen molar-refractivity contribution in [1.29, 1.82) is 0 Å². The standard InChI is InChI=1S/C18H24N4O3S/c1-24-12-11-22-17(14-7-9-19-10-8-14)20-21-18(22)26-13-16(23)25-15-5-3-2-4-6-15/h7-10,15H,2-6,11-13H2,1H3. The molecular formula is C18H24N4O3S. The number of carbonyl (C=O) groups is 1. The van der Waals surface area contributed by atoms with E-state index in [2.05, 4.69) is 15.2 Å². The molecule has 1 saturated carbocycles. The maximum Gasteiger partial charge on any atom is 0.316 e. The molecule has 0 unspecified atom stereocenters. The summed E-state index contributed by atoms with van der Waals surface area (Å²) in [5.41, 5.74) is 0.931. The van der Waals surface area contributed by atoms with E-state index in [1.54, 1.807) is 19.5 Å². The first-order valence-electron chi connectivity index (χ1n) is 8.92.